The van der Waals surface area contributed by atoms with Crippen molar-refractivity contribution in [2.24, 2.45) is 5.16 Å². The molecule has 1 N–H and O–H groups in total. The number of carbonyl (C=O) groups excluding carboxylic acids is 1. The fourth-order valence-corrected chi connectivity index (χ4v) is 1.96. The second-order valence-corrected chi connectivity index (χ2v) is 3.88. The third kappa shape index (κ3) is 1.93. The lowest BCUT2D eigenvalue weighted by Gasteiger charge is -2.09. The van der Waals surface area contributed by atoms with Crippen LogP contribution in [-0.4, -0.2) is 24.0 Å². The molecule has 2 rings (SSSR count). The Bertz CT molecular complexity index is 632. The van der Waals surface area contributed by atoms with E-state index in [0.29, 0.717) is 11.3 Å². The van der Waals surface area contributed by atoms with E-state index in [1.165, 1.54) is 7.11 Å². The fourth-order valence-electron chi connectivity index (χ4n) is 1.96. The van der Waals surface area contributed by atoms with Crippen LogP contribution < -0.4 is 0 Å². The van der Waals surface area contributed by atoms with E-state index in [2.05, 4.69) is 5.16 Å². The minimum absolute atomic E-state index is 0.378. The molecule has 0 saturated heterocycles. The molecular formula is C14H13NO3. The molecule has 0 unspecified atom stereocenters. The Balaban J connectivity index is 2.78. The number of benzene rings is 2. The first-order valence-electron chi connectivity index (χ1n) is 5.48. The van der Waals surface area contributed by atoms with Gasteiger partial charge in [-0.15, -0.1) is 0 Å². The summed E-state index contributed by atoms with van der Waals surface area (Å²) in [6, 6.07) is 10.9. The molecule has 4 nitrogen and oxygen atoms in total. The second-order valence-electron chi connectivity index (χ2n) is 3.88. The minimum Gasteiger partial charge on any atom is -0.465 e. The molecular weight excluding hydrogens is 230 g/mol. The van der Waals surface area contributed by atoms with Crippen molar-refractivity contribution < 1.29 is 14.7 Å². The number of methoxy groups -OCH3 is 1. The molecule has 0 spiro atoms. The molecule has 0 radical (unpaired) electrons. The number of rotatable bonds is 2. The summed E-state index contributed by atoms with van der Waals surface area (Å²) < 4.78 is 4.75. The molecule has 0 fully saturated rings. The van der Waals surface area contributed by atoms with Gasteiger partial charge in [0.15, 0.2) is 0 Å². The highest BCUT2D eigenvalue weighted by Crippen LogP contribution is 2.24. The van der Waals surface area contributed by atoms with Crippen molar-refractivity contribution in [3.05, 3.63) is 47.5 Å². The summed E-state index contributed by atoms with van der Waals surface area (Å²) in [5.74, 6) is -0.378. The van der Waals surface area contributed by atoms with Crippen molar-refractivity contribution in [2.75, 3.05) is 7.11 Å². The van der Waals surface area contributed by atoms with Gasteiger partial charge < -0.3 is 9.94 Å². The zero-order valence-corrected chi connectivity index (χ0v) is 10.2. The lowest BCUT2D eigenvalue weighted by Crippen LogP contribution is -2.04. The van der Waals surface area contributed by atoms with E-state index in [9.17, 15) is 4.79 Å². The molecule has 0 amide bonds. The Kier molecular flexibility index (Phi) is 3.28. The molecule has 4 heteroatoms. The van der Waals surface area contributed by atoms with Gasteiger partial charge in [-0.1, -0.05) is 35.5 Å². The molecule has 0 aromatic heterocycles. The van der Waals surface area contributed by atoms with E-state index in [-0.39, 0.29) is 5.97 Å². The van der Waals surface area contributed by atoms with Crippen molar-refractivity contribution in [1.82, 2.24) is 0 Å². The van der Waals surface area contributed by atoms with Gasteiger partial charge in [0.2, 0.25) is 0 Å². The summed E-state index contributed by atoms with van der Waals surface area (Å²) in [5.41, 5.74) is 1.80. The van der Waals surface area contributed by atoms with Crippen molar-refractivity contribution in [2.45, 2.75) is 6.92 Å². The van der Waals surface area contributed by atoms with Crippen LogP contribution in [-0.2, 0) is 4.74 Å². The maximum absolute atomic E-state index is 11.7. The SMILES string of the molecule is COC(=O)c1ccc(C(C)=NO)c2ccccc12. The van der Waals surface area contributed by atoms with Gasteiger partial charge in [-0.2, -0.15) is 0 Å². The Hall–Kier alpha value is -2.36. The maximum atomic E-state index is 11.7. The Labute approximate surface area is 104 Å². The molecule has 0 bridgehead atoms. The number of oxime groups is 1. The third-order valence-electron chi connectivity index (χ3n) is 2.87. The van der Waals surface area contributed by atoms with Gasteiger partial charge in [0.1, 0.15) is 0 Å². The van der Waals surface area contributed by atoms with Crippen LogP contribution in [0.25, 0.3) is 10.8 Å². The lowest BCUT2D eigenvalue weighted by atomic mass is 9.97. The molecule has 92 valence electrons. The average molecular weight is 243 g/mol. The zero-order valence-electron chi connectivity index (χ0n) is 10.2. The predicted octanol–water partition coefficient (Wildman–Crippen LogP) is 2.82. The van der Waals surface area contributed by atoms with Gasteiger partial charge in [0.05, 0.1) is 18.4 Å². The van der Waals surface area contributed by atoms with Crippen LogP contribution >= 0.6 is 0 Å². The van der Waals surface area contributed by atoms with Gasteiger partial charge in [-0.05, 0) is 23.8 Å². The normalized spacial score (nSPS) is 11.6. The monoisotopic (exact) mass is 243 g/mol. The minimum atomic E-state index is -0.378. The molecule has 2 aromatic rings. The van der Waals surface area contributed by atoms with Crippen molar-refractivity contribution in [3.63, 3.8) is 0 Å². The summed E-state index contributed by atoms with van der Waals surface area (Å²) in [4.78, 5) is 11.7. The van der Waals surface area contributed by atoms with Crippen molar-refractivity contribution in [1.29, 1.82) is 0 Å². The largest absolute Gasteiger partial charge is 0.465 e. The first-order valence-corrected chi connectivity index (χ1v) is 5.48. The molecule has 0 saturated carbocycles. The van der Waals surface area contributed by atoms with Crippen LogP contribution in [0.4, 0.5) is 0 Å². The van der Waals surface area contributed by atoms with E-state index in [1.54, 1.807) is 19.1 Å². The van der Waals surface area contributed by atoms with E-state index in [1.807, 2.05) is 24.3 Å². The number of esters is 1. The quantitative estimate of drug-likeness (QED) is 0.382. The molecule has 0 aliphatic heterocycles. The first kappa shape index (κ1) is 12.1. The Morgan fingerprint density at radius 3 is 2.22 bits per heavy atom. The highest BCUT2D eigenvalue weighted by Gasteiger charge is 2.13. The van der Waals surface area contributed by atoms with Crippen LogP contribution in [0.15, 0.2) is 41.6 Å². The Morgan fingerprint density at radius 1 is 1.11 bits per heavy atom. The van der Waals surface area contributed by atoms with Gasteiger partial charge in [-0.3, -0.25) is 0 Å². The van der Waals surface area contributed by atoms with E-state index >= 15 is 0 Å². The smallest absolute Gasteiger partial charge is 0.338 e. The number of hydrogen-bond acceptors (Lipinski definition) is 4. The third-order valence-corrected chi connectivity index (χ3v) is 2.87. The van der Waals surface area contributed by atoms with E-state index in [4.69, 9.17) is 9.94 Å². The number of carbonyl (C=O) groups is 1. The highest BCUT2D eigenvalue weighted by molar-refractivity contribution is 6.14. The van der Waals surface area contributed by atoms with Crippen molar-refractivity contribution >= 4 is 22.5 Å². The summed E-state index contributed by atoms with van der Waals surface area (Å²) in [6.07, 6.45) is 0. The van der Waals surface area contributed by atoms with E-state index in [0.717, 1.165) is 16.3 Å². The Morgan fingerprint density at radius 2 is 1.67 bits per heavy atom. The molecule has 0 aliphatic rings. The number of hydrogen-bond donors (Lipinski definition) is 1. The lowest BCUT2D eigenvalue weighted by molar-refractivity contribution is 0.0603. The predicted molar refractivity (Wildman–Crippen MR) is 69.3 cm³/mol. The fraction of sp³-hybridized carbons (Fsp3) is 0.143. The maximum Gasteiger partial charge on any atom is 0.338 e. The summed E-state index contributed by atoms with van der Waals surface area (Å²) >= 11 is 0. The number of ether oxygens (including phenoxy) is 1. The van der Waals surface area contributed by atoms with Crippen LogP contribution in [0.1, 0.15) is 22.8 Å². The molecule has 2 aromatic carbocycles. The number of fused-ring (bicyclic) bond motifs is 1. The highest BCUT2D eigenvalue weighted by atomic mass is 16.5. The molecule has 0 heterocycles. The molecule has 0 atom stereocenters. The van der Waals surface area contributed by atoms with Gasteiger partial charge in [0.25, 0.3) is 0 Å². The standard InChI is InChI=1S/C14H13NO3/c1-9(15-17)10-7-8-13(14(16)18-2)12-6-4-3-5-11(10)12/h3-8,17H,1-2H3. The van der Waals surface area contributed by atoms with Gasteiger partial charge >= 0.3 is 5.97 Å². The summed E-state index contributed by atoms with van der Waals surface area (Å²) in [7, 11) is 1.35. The van der Waals surface area contributed by atoms with Gasteiger partial charge in [0, 0.05) is 5.56 Å². The number of nitrogens with zero attached hydrogens (tertiary/aromatic N) is 1. The van der Waals surface area contributed by atoms with Crippen LogP contribution in [0.5, 0.6) is 0 Å². The molecule has 0 aliphatic carbocycles. The van der Waals surface area contributed by atoms with Crippen LogP contribution in [0.2, 0.25) is 0 Å². The summed E-state index contributed by atoms with van der Waals surface area (Å²) in [6.45, 7) is 1.71. The van der Waals surface area contributed by atoms with E-state index < -0.39 is 0 Å². The summed E-state index contributed by atoms with van der Waals surface area (Å²) in [5, 5.41) is 13.7. The van der Waals surface area contributed by atoms with Crippen LogP contribution in [0.3, 0.4) is 0 Å². The topological polar surface area (TPSA) is 58.9 Å². The van der Waals surface area contributed by atoms with Crippen LogP contribution in [0, 0.1) is 0 Å². The molecule has 18 heavy (non-hydrogen) atoms. The average Bonchev–Trinajstić information content (AvgIpc) is 2.44. The first-order chi connectivity index (χ1) is 8.69. The second kappa shape index (κ2) is 4.87. The van der Waals surface area contributed by atoms with Gasteiger partial charge in [-0.25, -0.2) is 4.79 Å². The zero-order chi connectivity index (χ0) is 13.1. The van der Waals surface area contributed by atoms with Crippen molar-refractivity contribution in [3.8, 4) is 0 Å².